The normalized spacial score (nSPS) is 11.4. The van der Waals surface area contributed by atoms with Gasteiger partial charge in [-0.05, 0) is 66.9 Å². The van der Waals surface area contributed by atoms with Crippen LogP contribution < -0.4 is 4.72 Å². The fourth-order valence-corrected chi connectivity index (χ4v) is 4.48. The first kappa shape index (κ1) is 18.7. The van der Waals surface area contributed by atoms with Gasteiger partial charge in [0.15, 0.2) is 0 Å². The molecule has 7 heteroatoms. The number of hydrogen-bond acceptors (Lipinski definition) is 3. The molecule has 0 saturated heterocycles. The Hall–Kier alpha value is -2.08. The van der Waals surface area contributed by atoms with Crippen molar-refractivity contribution < 1.29 is 8.42 Å². The molecule has 0 aliphatic carbocycles. The van der Waals surface area contributed by atoms with Crippen LogP contribution in [0.4, 0.5) is 5.69 Å². The molecule has 1 aromatic heterocycles. The van der Waals surface area contributed by atoms with Crippen LogP contribution in [0.1, 0.15) is 11.1 Å². The standard InChI is InChI=1S/C19H16Cl2N2O2S/c1-12-7-8-22-11-17(12)16-5-4-15(9-13(16)2)23-26(24,25)19-10-14(20)3-6-18(19)21/h3-11,23H,1-2H3. The van der Waals surface area contributed by atoms with Gasteiger partial charge >= 0.3 is 0 Å². The fourth-order valence-electron chi connectivity index (χ4n) is 2.67. The lowest BCUT2D eigenvalue weighted by molar-refractivity contribution is 0.601. The smallest absolute Gasteiger partial charge is 0.263 e. The van der Waals surface area contributed by atoms with Gasteiger partial charge in [-0.15, -0.1) is 0 Å². The number of benzene rings is 2. The van der Waals surface area contributed by atoms with E-state index in [9.17, 15) is 8.42 Å². The number of anilines is 1. The zero-order chi connectivity index (χ0) is 18.9. The average Bonchev–Trinajstić information content (AvgIpc) is 2.58. The molecule has 1 N–H and O–H groups in total. The van der Waals surface area contributed by atoms with Crippen LogP contribution in [0.5, 0.6) is 0 Å². The number of pyridine rings is 1. The number of rotatable bonds is 4. The molecule has 3 aromatic rings. The first-order valence-corrected chi connectivity index (χ1v) is 10.0. The Morgan fingerprint density at radius 1 is 0.923 bits per heavy atom. The number of hydrogen-bond donors (Lipinski definition) is 1. The van der Waals surface area contributed by atoms with Crippen LogP contribution in [0, 0.1) is 13.8 Å². The van der Waals surface area contributed by atoms with E-state index in [1.54, 1.807) is 24.5 Å². The summed E-state index contributed by atoms with van der Waals surface area (Å²) in [7, 11) is -3.85. The topological polar surface area (TPSA) is 59.1 Å². The molecule has 26 heavy (non-hydrogen) atoms. The molecule has 0 bridgehead atoms. The quantitative estimate of drug-likeness (QED) is 0.624. The van der Waals surface area contributed by atoms with Crippen molar-refractivity contribution in [1.82, 2.24) is 4.98 Å². The van der Waals surface area contributed by atoms with Crippen molar-refractivity contribution in [1.29, 1.82) is 0 Å². The minimum atomic E-state index is -3.85. The summed E-state index contributed by atoms with van der Waals surface area (Å²) in [6, 6.07) is 11.6. The van der Waals surface area contributed by atoms with E-state index in [4.69, 9.17) is 23.2 Å². The summed E-state index contributed by atoms with van der Waals surface area (Å²) in [5.41, 5.74) is 4.49. The lowest BCUT2D eigenvalue weighted by Gasteiger charge is -2.13. The summed E-state index contributed by atoms with van der Waals surface area (Å²) in [5, 5.41) is 0.412. The van der Waals surface area contributed by atoms with Crippen LogP contribution in [0.25, 0.3) is 11.1 Å². The molecule has 0 aliphatic rings. The van der Waals surface area contributed by atoms with E-state index in [1.165, 1.54) is 18.2 Å². The van der Waals surface area contributed by atoms with Crippen molar-refractivity contribution in [3.8, 4) is 11.1 Å². The highest BCUT2D eigenvalue weighted by atomic mass is 35.5. The van der Waals surface area contributed by atoms with E-state index in [2.05, 4.69) is 9.71 Å². The van der Waals surface area contributed by atoms with Crippen LogP contribution in [0.3, 0.4) is 0 Å². The molecule has 0 atom stereocenters. The van der Waals surface area contributed by atoms with Gasteiger partial charge in [-0.2, -0.15) is 0 Å². The van der Waals surface area contributed by atoms with Crippen molar-refractivity contribution in [3.05, 3.63) is 76.0 Å². The summed E-state index contributed by atoms with van der Waals surface area (Å²) < 4.78 is 27.8. The molecule has 1 heterocycles. The number of sulfonamides is 1. The second-order valence-electron chi connectivity index (χ2n) is 5.90. The molecule has 134 valence electrons. The molecule has 0 aliphatic heterocycles. The third kappa shape index (κ3) is 3.85. The molecule has 0 unspecified atom stereocenters. The van der Waals surface area contributed by atoms with Gasteiger partial charge in [0.25, 0.3) is 10.0 Å². The van der Waals surface area contributed by atoms with E-state index >= 15 is 0 Å². The monoisotopic (exact) mass is 406 g/mol. The minimum Gasteiger partial charge on any atom is -0.280 e. The summed E-state index contributed by atoms with van der Waals surface area (Å²) >= 11 is 11.9. The lowest BCUT2D eigenvalue weighted by Crippen LogP contribution is -2.13. The second-order valence-corrected chi connectivity index (χ2v) is 8.39. The van der Waals surface area contributed by atoms with E-state index < -0.39 is 10.0 Å². The van der Waals surface area contributed by atoms with Crippen LogP contribution in [0.2, 0.25) is 10.0 Å². The molecule has 0 saturated carbocycles. The fraction of sp³-hybridized carbons (Fsp3) is 0.105. The van der Waals surface area contributed by atoms with E-state index in [1.807, 2.05) is 26.0 Å². The summed E-state index contributed by atoms with van der Waals surface area (Å²) in [4.78, 5) is 4.10. The Bertz CT molecular complexity index is 1080. The van der Waals surface area contributed by atoms with Gasteiger partial charge in [0, 0.05) is 28.7 Å². The van der Waals surface area contributed by atoms with Crippen LogP contribution in [-0.4, -0.2) is 13.4 Å². The first-order chi connectivity index (χ1) is 12.3. The second kappa shape index (κ2) is 7.27. The highest BCUT2D eigenvalue weighted by Crippen LogP contribution is 2.30. The lowest BCUT2D eigenvalue weighted by atomic mass is 9.98. The van der Waals surface area contributed by atoms with Gasteiger partial charge in [-0.3, -0.25) is 9.71 Å². The van der Waals surface area contributed by atoms with Gasteiger partial charge in [0.2, 0.25) is 0 Å². The van der Waals surface area contributed by atoms with Crippen molar-refractivity contribution in [2.45, 2.75) is 18.7 Å². The van der Waals surface area contributed by atoms with Crippen molar-refractivity contribution in [3.63, 3.8) is 0 Å². The summed E-state index contributed by atoms with van der Waals surface area (Å²) in [6.45, 7) is 3.93. The molecule has 0 fully saturated rings. The third-order valence-electron chi connectivity index (χ3n) is 3.99. The molecular weight excluding hydrogens is 391 g/mol. The van der Waals surface area contributed by atoms with Crippen molar-refractivity contribution in [2.75, 3.05) is 4.72 Å². The number of aromatic nitrogens is 1. The molecule has 4 nitrogen and oxygen atoms in total. The van der Waals surface area contributed by atoms with Gasteiger partial charge < -0.3 is 0 Å². The Morgan fingerprint density at radius 3 is 2.38 bits per heavy atom. The molecule has 0 radical (unpaired) electrons. The molecule has 0 amide bonds. The maximum absolute atomic E-state index is 12.6. The van der Waals surface area contributed by atoms with Crippen LogP contribution >= 0.6 is 23.2 Å². The maximum atomic E-state index is 12.6. The van der Waals surface area contributed by atoms with Gasteiger partial charge in [-0.1, -0.05) is 29.3 Å². The predicted octanol–water partition coefficient (Wildman–Crippen LogP) is 5.47. The molecule has 2 aromatic carbocycles. The third-order valence-corrected chi connectivity index (χ3v) is 6.09. The van der Waals surface area contributed by atoms with Crippen LogP contribution in [0.15, 0.2) is 59.8 Å². The van der Waals surface area contributed by atoms with Crippen LogP contribution in [-0.2, 0) is 10.0 Å². The van der Waals surface area contributed by atoms with Crippen molar-refractivity contribution in [2.24, 2.45) is 0 Å². The first-order valence-electron chi connectivity index (χ1n) is 7.77. The van der Waals surface area contributed by atoms with Gasteiger partial charge in [0.05, 0.1) is 5.02 Å². The number of nitrogens with zero attached hydrogens (tertiary/aromatic N) is 1. The molecular formula is C19H16Cl2N2O2S. The van der Waals surface area contributed by atoms with E-state index in [0.717, 1.165) is 22.3 Å². The highest BCUT2D eigenvalue weighted by Gasteiger charge is 2.19. The Balaban J connectivity index is 1.95. The molecule has 0 spiro atoms. The number of aryl methyl sites for hydroxylation is 2. The van der Waals surface area contributed by atoms with Crippen molar-refractivity contribution >= 4 is 38.9 Å². The zero-order valence-corrected chi connectivity index (χ0v) is 16.5. The SMILES string of the molecule is Cc1cc(NS(=O)(=O)c2cc(Cl)ccc2Cl)ccc1-c1cnccc1C. The number of nitrogens with one attached hydrogen (secondary N) is 1. The molecule has 3 rings (SSSR count). The predicted molar refractivity (Wildman–Crippen MR) is 106 cm³/mol. The Kier molecular flexibility index (Phi) is 5.23. The van der Waals surface area contributed by atoms with E-state index in [0.29, 0.717) is 10.7 Å². The Morgan fingerprint density at radius 2 is 1.69 bits per heavy atom. The zero-order valence-electron chi connectivity index (χ0n) is 14.1. The highest BCUT2D eigenvalue weighted by molar-refractivity contribution is 7.92. The van der Waals surface area contributed by atoms with Gasteiger partial charge in [-0.25, -0.2) is 8.42 Å². The average molecular weight is 407 g/mol. The minimum absolute atomic E-state index is 0.0588. The van der Waals surface area contributed by atoms with E-state index in [-0.39, 0.29) is 9.92 Å². The maximum Gasteiger partial charge on any atom is 0.263 e. The van der Waals surface area contributed by atoms with Gasteiger partial charge in [0.1, 0.15) is 4.90 Å². The summed E-state index contributed by atoms with van der Waals surface area (Å²) in [6.07, 6.45) is 3.54. The summed E-state index contributed by atoms with van der Waals surface area (Å²) in [5.74, 6) is 0. The largest absolute Gasteiger partial charge is 0.280 e. The number of halogens is 2. The Labute approximate surface area is 162 Å².